The lowest BCUT2D eigenvalue weighted by Gasteiger charge is -2.32. The summed E-state index contributed by atoms with van der Waals surface area (Å²) < 4.78 is 14.6. The second-order valence-corrected chi connectivity index (χ2v) is 42.5. The Morgan fingerprint density at radius 1 is 0.411 bits per heavy atom. The summed E-state index contributed by atoms with van der Waals surface area (Å²) in [5.74, 6) is 1.78. The van der Waals surface area contributed by atoms with Gasteiger partial charge in [-0.05, 0) is 109 Å². The molecule has 8 heterocycles. The molecule has 0 fully saturated rings. The van der Waals surface area contributed by atoms with E-state index < -0.39 is 0 Å². The third kappa shape index (κ3) is 14.7. The lowest BCUT2D eigenvalue weighted by Crippen LogP contribution is -2.25. The van der Waals surface area contributed by atoms with Crippen LogP contribution in [0.2, 0.25) is 10.0 Å². The number of hydrogen-bond donors (Lipinski definition) is 0. The average Bonchev–Trinajstić information content (AvgIpc) is 1.51. The number of benzene rings is 3. The smallest absolute Gasteiger partial charge is 0.270 e. The summed E-state index contributed by atoms with van der Waals surface area (Å²) in [6, 6.07) is 19.9. The van der Waals surface area contributed by atoms with E-state index in [1.165, 1.54) is 245 Å². The van der Waals surface area contributed by atoms with Crippen LogP contribution in [-0.2, 0) is 10.8 Å². The number of ketones is 2. The van der Waals surface area contributed by atoms with Crippen LogP contribution in [0.5, 0.6) is 0 Å². The van der Waals surface area contributed by atoms with Crippen molar-refractivity contribution in [3.63, 3.8) is 0 Å². The molecule has 6 nitrogen and oxygen atoms in total. The number of halogens is 2. The van der Waals surface area contributed by atoms with Gasteiger partial charge in [-0.15, -0.1) is 114 Å². The second-order valence-electron chi connectivity index (χ2n) is 31.2. The second kappa shape index (κ2) is 36.1. The highest BCUT2D eigenvalue weighted by molar-refractivity contribution is 8.00. The average molecular weight is 1710 g/mol. The molecule has 3 aromatic carbocycles. The van der Waals surface area contributed by atoms with Gasteiger partial charge in [-0.1, -0.05) is 256 Å². The van der Waals surface area contributed by atoms with Crippen LogP contribution in [0, 0.1) is 35.8 Å². The van der Waals surface area contributed by atoms with Crippen LogP contribution in [0.1, 0.15) is 311 Å². The van der Waals surface area contributed by atoms with Crippen molar-refractivity contribution in [2.75, 3.05) is 11.5 Å². The van der Waals surface area contributed by atoms with Crippen LogP contribution in [-0.4, -0.2) is 23.1 Å². The van der Waals surface area contributed by atoms with E-state index in [1.54, 1.807) is 29.0 Å². The quantitative estimate of drug-likeness (QED) is 0.0126. The zero-order chi connectivity index (χ0) is 78.0. The highest BCUT2D eigenvalue weighted by atomic mass is 35.5. The van der Waals surface area contributed by atoms with Crippen molar-refractivity contribution in [1.82, 2.24) is 0 Å². The lowest BCUT2D eigenvalue weighted by molar-refractivity contribution is 0.103. The number of hydrogen-bond acceptors (Lipinski definition) is 14. The zero-order valence-corrected chi connectivity index (χ0v) is 74.9. The van der Waals surface area contributed by atoms with Crippen LogP contribution >= 0.6 is 137 Å². The maximum absolute atomic E-state index is 14.7. The first kappa shape index (κ1) is 81.5. The molecule has 0 spiro atoms. The maximum Gasteiger partial charge on any atom is 0.270 e. The minimum Gasteiger partial charge on any atom is -0.289 e. The molecule has 0 unspecified atom stereocenters. The van der Waals surface area contributed by atoms with Gasteiger partial charge >= 0.3 is 0 Å². The number of nitriles is 2. The molecule has 4 aliphatic carbocycles. The monoisotopic (exact) mass is 1700 g/mol. The number of Topliss-reactive ketones (excluding diaryl/α,β-unsaturated/α-hetero) is 2. The number of rotatable bonds is 38. The number of allylic oxidation sites excluding steroid dienone is 6. The predicted octanol–water partition coefficient (Wildman–Crippen LogP) is 34.6. The first-order valence-electron chi connectivity index (χ1n) is 41.3. The Morgan fingerprint density at radius 3 is 1.16 bits per heavy atom. The lowest BCUT2D eigenvalue weighted by atomic mass is 9.71. The summed E-state index contributed by atoms with van der Waals surface area (Å²) in [5.41, 5.74) is 8.92. The van der Waals surface area contributed by atoms with Crippen molar-refractivity contribution in [3.05, 3.63) is 158 Å². The van der Waals surface area contributed by atoms with Gasteiger partial charge in [-0.25, -0.2) is 20.2 Å². The first-order chi connectivity index (χ1) is 54.8. The third-order valence-electron chi connectivity index (χ3n) is 23.9. The van der Waals surface area contributed by atoms with E-state index in [0.717, 1.165) is 85.5 Å². The molecule has 0 radical (unpaired) electrons. The van der Waals surface area contributed by atoms with Crippen molar-refractivity contribution >= 4 is 230 Å². The Morgan fingerprint density at radius 2 is 0.759 bits per heavy atom. The molecule has 0 atom stereocenters. The fourth-order valence-electron chi connectivity index (χ4n) is 18.4. The van der Waals surface area contributed by atoms with Crippen LogP contribution in [0.3, 0.4) is 0 Å². The minimum absolute atomic E-state index is 0.0403. The summed E-state index contributed by atoms with van der Waals surface area (Å²) in [4.78, 5) is 47.1. The maximum atomic E-state index is 14.7. The van der Waals surface area contributed by atoms with E-state index in [1.807, 2.05) is 70.4 Å². The molecule has 4 aliphatic rings. The molecule has 0 N–H and O–H groups in total. The largest absolute Gasteiger partial charge is 0.289 e. The molecule has 0 aliphatic heterocycles. The molecule has 18 heteroatoms. The highest BCUT2D eigenvalue weighted by Crippen LogP contribution is 2.69. The van der Waals surface area contributed by atoms with Crippen molar-refractivity contribution in [2.45, 2.75) is 268 Å². The number of thiophene rings is 8. The number of carbonyl (C=O) groups excluding carboxylic acids is 2. The van der Waals surface area contributed by atoms with E-state index >= 15 is 0 Å². The van der Waals surface area contributed by atoms with E-state index in [2.05, 4.69) is 144 Å². The minimum atomic E-state index is -0.248. The van der Waals surface area contributed by atoms with Gasteiger partial charge < -0.3 is 0 Å². The van der Waals surface area contributed by atoms with Gasteiger partial charge in [0.2, 0.25) is 0 Å². The third-order valence-corrected chi connectivity index (χ3v) is 37.8. The van der Waals surface area contributed by atoms with E-state index in [4.69, 9.17) is 36.3 Å². The number of nitrogens with zero attached hydrogens (tertiary/aromatic N) is 4. The number of fused-ring (bicyclic) bond motifs is 20. The van der Waals surface area contributed by atoms with Crippen molar-refractivity contribution in [2.24, 2.45) is 0 Å². The molecule has 578 valence electrons. The molecule has 0 amide bonds. The van der Waals surface area contributed by atoms with Crippen LogP contribution in [0.25, 0.3) is 110 Å². The van der Waals surface area contributed by atoms with Crippen LogP contribution in [0.15, 0.2) is 80.9 Å². The van der Waals surface area contributed by atoms with E-state index in [-0.39, 0.29) is 43.8 Å². The Bertz CT molecular complexity index is 5720. The molecule has 0 bridgehead atoms. The van der Waals surface area contributed by atoms with Gasteiger partial charge in [0, 0.05) is 95.4 Å². The molecular formula is C94H96Cl2N4O2S10. The van der Waals surface area contributed by atoms with Gasteiger partial charge in [0.1, 0.15) is 0 Å². The molecule has 112 heavy (non-hydrogen) atoms. The number of unbranched alkanes of at least 4 members (excludes halogenated alkanes) is 22. The fourth-order valence-corrected chi connectivity index (χ4v) is 33.8. The van der Waals surface area contributed by atoms with Crippen LogP contribution in [0.4, 0.5) is 0 Å². The molecule has 0 saturated carbocycles. The summed E-state index contributed by atoms with van der Waals surface area (Å²) >= 11 is 33.6. The predicted molar refractivity (Wildman–Crippen MR) is 496 cm³/mol. The standard InChI is InChI=1S/C94H96Cl2N4O2S10/c1-9-15-21-27-29-37-45-103-79-71-81(109-89-83(71)107-87-73-85(111-91(87)89)77-63(93(73,41-33-23-17-11-3)42-34-24-18-12-4)49-55(105-77)47-61-69(67(53-97)99-7)57-39-31-32-40-58(57)75(61)101)80(104-46-38-30-28-22-16-10-2)72-82(79)110-90-84(72)108-88-74-86(112-92(88)90)78-64(94(74,43-35-25-19-13-5)44-36-26-20-14-6)50-56(106-78)48-62-70(68(54-98)100-8)59-51-65(95)66(96)52-60(59)76(62)102/h31-32,39-40,47-52H,9-30,33-38,41-46H2,1-6H3/b61-47-,62-48-,69-67-,70-68+. The Hall–Kier alpha value is -5.64. The van der Waals surface area contributed by atoms with Crippen LogP contribution < -0.4 is 0 Å². The molecule has 15 rings (SSSR count). The van der Waals surface area contributed by atoms with E-state index in [9.17, 15) is 20.1 Å². The number of thioether (sulfide) groups is 2. The van der Waals surface area contributed by atoms with Crippen molar-refractivity contribution in [3.8, 4) is 31.6 Å². The normalized spacial score (nSPS) is 16.1. The first-order valence-corrected chi connectivity index (χ1v) is 50.6. The van der Waals surface area contributed by atoms with Gasteiger partial charge in [0.05, 0.1) is 92.1 Å². The zero-order valence-electron chi connectivity index (χ0n) is 65.3. The van der Waals surface area contributed by atoms with Crippen molar-refractivity contribution < 1.29 is 9.59 Å². The fraction of sp³-hybridized carbons (Fsp3) is 0.447. The molecule has 0 saturated heterocycles. The molecule has 11 aromatic rings. The summed E-state index contributed by atoms with van der Waals surface area (Å²) in [6.07, 6.45) is 42.0. The Balaban J connectivity index is 0.946. The van der Waals surface area contributed by atoms with Gasteiger partial charge in [-0.2, -0.15) is 0 Å². The van der Waals surface area contributed by atoms with Gasteiger partial charge in [0.15, 0.2) is 11.6 Å². The molecule has 8 aromatic heterocycles. The highest BCUT2D eigenvalue weighted by Gasteiger charge is 2.50. The van der Waals surface area contributed by atoms with Gasteiger partial charge in [-0.3, -0.25) is 9.59 Å². The summed E-state index contributed by atoms with van der Waals surface area (Å²) in [5, 5.41) is 24.4. The van der Waals surface area contributed by atoms with Crippen molar-refractivity contribution in [1.29, 1.82) is 10.5 Å². The van der Waals surface area contributed by atoms with E-state index in [0.29, 0.717) is 44.5 Å². The summed E-state index contributed by atoms with van der Waals surface area (Å²) in [7, 11) is 0. The molecular weight excluding hydrogens is 1610 g/mol. The van der Waals surface area contributed by atoms with Gasteiger partial charge in [0.25, 0.3) is 11.4 Å². The topological polar surface area (TPSA) is 90.4 Å². The SMILES string of the molecule is [C-]#[N+]/C(C#N)=C1\C(=C\c2cc3c(s2)-c2sc4c(sc5c4sc4c(SCCCCCCCC)c6c(sc7c8sc9c(c8sc76)C(CCCCCC)(CCCCCC)c6cc(/C=C7\C(=O)c8cc(Cl)c(Cl)cc8\C7=C(\C#N)[N+]#[C-])sc6-9)c(SCCCCCCCC)c45)c2C3(CCCCCC)CCCCCC)C(=O)c2ccccc21. The Labute approximate surface area is 712 Å². The number of carbonyl (C=O) groups is 2. The Kier molecular flexibility index (Phi) is 26.2. The summed E-state index contributed by atoms with van der Waals surface area (Å²) in [6.45, 7) is 30.2.